The van der Waals surface area contributed by atoms with Crippen LogP contribution in [0.15, 0.2) is 48.5 Å². The van der Waals surface area contributed by atoms with Crippen LogP contribution in [0.3, 0.4) is 0 Å². The molecule has 0 unspecified atom stereocenters. The highest BCUT2D eigenvalue weighted by atomic mass is 19.1. The monoisotopic (exact) mass is 285 g/mol. The molecule has 106 valence electrons. The van der Waals surface area contributed by atoms with Crippen molar-refractivity contribution in [3.8, 4) is 5.75 Å². The summed E-state index contributed by atoms with van der Waals surface area (Å²) in [6.07, 6.45) is 0. The molecule has 2 N–H and O–H groups in total. The summed E-state index contributed by atoms with van der Waals surface area (Å²) in [7, 11) is 0. The number of fused-ring (bicyclic) bond motifs is 1. The van der Waals surface area contributed by atoms with Crippen molar-refractivity contribution in [2.45, 2.75) is 6.61 Å². The topological polar surface area (TPSA) is 62.3 Å². The van der Waals surface area contributed by atoms with Crippen molar-refractivity contribution < 1.29 is 19.0 Å². The van der Waals surface area contributed by atoms with Crippen LogP contribution in [0.25, 0.3) is 10.9 Å². The summed E-state index contributed by atoms with van der Waals surface area (Å²) in [5, 5.41) is 9.42. The molecule has 0 saturated heterocycles. The molecule has 3 aromatic rings. The molecule has 0 aliphatic carbocycles. The number of halogens is 1. The molecule has 0 aliphatic rings. The Bertz CT molecular complexity index is 796. The Balaban J connectivity index is 1.88. The van der Waals surface area contributed by atoms with E-state index in [-0.39, 0.29) is 18.1 Å². The summed E-state index contributed by atoms with van der Waals surface area (Å²) < 4.78 is 19.4. The molecule has 1 aromatic heterocycles. The van der Waals surface area contributed by atoms with Gasteiger partial charge < -0.3 is 14.8 Å². The van der Waals surface area contributed by atoms with Crippen molar-refractivity contribution >= 4 is 16.9 Å². The minimum atomic E-state index is -1.08. The van der Waals surface area contributed by atoms with Gasteiger partial charge in [-0.2, -0.15) is 0 Å². The molecule has 0 aliphatic heterocycles. The van der Waals surface area contributed by atoms with Gasteiger partial charge in [-0.15, -0.1) is 0 Å². The molecule has 0 fully saturated rings. The number of hydrogen-bond acceptors (Lipinski definition) is 2. The van der Waals surface area contributed by atoms with Gasteiger partial charge >= 0.3 is 5.97 Å². The van der Waals surface area contributed by atoms with E-state index in [1.54, 1.807) is 0 Å². The Kier molecular flexibility index (Phi) is 3.31. The zero-order valence-electron chi connectivity index (χ0n) is 11.0. The van der Waals surface area contributed by atoms with Gasteiger partial charge in [-0.25, -0.2) is 9.18 Å². The second-order valence-corrected chi connectivity index (χ2v) is 4.63. The molecule has 4 nitrogen and oxygen atoms in total. The van der Waals surface area contributed by atoms with Gasteiger partial charge in [0.1, 0.15) is 12.3 Å². The summed E-state index contributed by atoms with van der Waals surface area (Å²) in [4.78, 5) is 13.6. The number of aromatic amines is 1. The van der Waals surface area contributed by atoms with E-state index < -0.39 is 11.8 Å². The van der Waals surface area contributed by atoms with Crippen molar-refractivity contribution in [3.05, 3.63) is 65.6 Å². The SMILES string of the molecule is O=C(O)c1cc2cc(F)c(OCc3ccccc3)cc2[nH]1. The molecule has 0 radical (unpaired) electrons. The molecule has 3 rings (SSSR count). The van der Waals surface area contributed by atoms with Gasteiger partial charge in [-0.1, -0.05) is 30.3 Å². The van der Waals surface area contributed by atoms with Crippen LogP contribution in [0.1, 0.15) is 16.1 Å². The summed E-state index contributed by atoms with van der Waals surface area (Å²) in [6.45, 7) is 0.246. The molecule has 5 heteroatoms. The molecule has 0 bridgehead atoms. The first-order valence-electron chi connectivity index (χ1n) is 6.36. The van der Waals surface area contributed by atoms with Gasteiger partial charge in [0.2, 0.25) is 0 Å². The fourth-order valence-electron chi connectivity index (χ4n) is 2.09. The lowest BCUT2D eigenvalue weighted by molar-refractivity contribution is 0.0691. The number of rotatable bonds is 4. The van der Waals surface area contributed by atoms with Crippen LogP contribution in [0.5, 0.6) is 5.75 Å². The van der Waals surface area contributed by atoms with Crippen LogP contribution in [0.2, 0.25) is 0 Å². The highest BCUT2D eigenvalue weighted by Gasteiger charge is 2.12. The van der Waals surface area contributed by atoms with Crippen LogP contribution in [0.4, 0.5) is 4.39 Å². The fourth-order valence-corrected chi connectivity index (χ4v) is 2.09. The Labute approximate surface area is 119 Å². The lowest BCUT2D eigenvalue weighted by atomic mass is 10.2. The number of ether oxygens (including phenoxy) is 1. The first kappa shape index (κ1) is 13.2. The minimum absolute atomic E-state index is 0.0182. The van der Waals surface area contributed by atoms with Crippen LogP contribution in [-0.2, 0) is 6.61 Å². The summed E-state index contributed by atoms with van der Waals surface area (Å²) in [6, 6.07) is 13.5. The Hall–Kier alpha value is -2.82. The number of benzene rings is 2. The van der Waals surface area contributed by atoms with E-state index in [9.17, 15) is 9.18 Å². The second kappa shape index (κ2) is 5.28. The van der Waals surface area contributed by atoms with E-state index in [2.05, 4.69) is 4.98 Å². The molecule has 0 amide bonds. The van der Waals surface area contributed by atoms with Gasteiger partial charge in [-0.3, -0.25) is 0 Å². The number of H-pyrrole nitrogens is 1. The van der Waals surface area contributed by atoms with Crippen molar-refractivity contribution in [2.24, 2.45) is 0 Å². The van der Waals surface area contributed by atoms with E-state index in [0.29, 0.717) is 10.9 Å². The van der Waals surface area contributed by atoms with Crippen molar-refractivity contribution in [1.82, 2.24) is 4.98 Å². The quantitative estimate of drug-likeness (QED) is 0.770. The van der Waals surface area contributed by atoms with Gasteiger partial charge in [-0.05, 0) is 17.7 Å². The molecular weight excluding hydrogens is 273 g/mol. The Morgan fingerprint density at radius 1 is 1.19 bits per heavy atom. The minimum Gasteiger partial charge on any atom is -0.486 e. The van der Waals surface area contributed by atoms with Gasteiger partial charge in [0.15, 0.2) is 11.6 Å². The Morgan fingerprint density at radius 3 is 2.67 bits per heavy atom. The zero-order chi connectivity index (χ0) is 14.8. The lowest BCUT2D eigenvalue weighted by Crippen LogP contribution is -1.97. The number of nitrogens with one attached hydrogen (secondary N) is 1. The van der Waals surface area contributed by atoms with Crippen LogP contribution < -0.4 is 4.74 Å². The maximum atomic E-state index is 13.9. The summed E-state index contributed by atoms with van der Waals surface area (Å²) in [5.41, 5.74) is 1.47. The van der Waals surface area contributed by atoms with Gasteiger partial charge in [0.05, 0.1) is 0 Å². The maximum absolute atomic E-state index is 13.9. The number of carbonyl (C=O) groups is 1. The molecule has 2 aromatic carbocycles. The van der Waals surface area contributed by atoms with E-state index >= 15 is 0 Å². The Morgan fingerprint density at radius 2 is 1.95 bits per heavy atom. The number of aromatic carboxylic acids is 1. The highest BCUT2D eigenvalue weighted by Crippen LogP contribution is 2.26. The third-order valence-corrected chi connectivity index (χ3v) is 3.14. The number of hydrogen-bond donors (Lipinski definition) is 2. The van der Waals surface area contributed by atoms with E-state index in [1.807, 2.05) is 30.3 Å². The molecular formula is C16H12FNO3. The zero-order valence-corrected chi connectivity index (χ0v) is 11.0. The first-order valence-corrected chi connectivity index (χ1v) is 6.36. The van der Waals surface area contributed by atoms with Crippen molar-refractivity contribution in [3.63, 3.8) is 0 Å². The summed E-state index contributed by atoms with van der Waals surface area (Å²) in [5.74, 6) is -1.52. The average molecular weight is 285 g/mol. The number of carboxylic acid groups (broad SMARTS) is 1. The van der Waals surface area contributed by atoms with Crippen LogP contribution >= 0.6 is 0 Å². The maximum Gasteiger partial charge on any atom is 0.352 e. The van der Waals surface area contributed by atoms with Gasteiger partial charge in [0, 0.05) is 17.0 Å². The molecule has 0 saturated carbocycles. The van der Waals surface area contributed by atoms with Crippen molar-refractivity contribution in [1.29, 1.82) is 0 Å². The molecule has 0 spiro atoms. The second-order valence-electron chi connectivity index (χ2n) is 4.63. The number of aromatic nitrogens is 1. The molecule has 0 atom stereocenters. The normalized spacial score (nSPS) is 10.7. The standard InChI is InChI=1S/C16H12FNO3/c17-12-6-11-7-14(16(19)20)18-13(11)8-15(12)21-9-10-4-2-1-3-5-10/h1-8,18H,9H2,(H,19,20). The first-order chi connectivity index (χ1) is 10.1. The van der Waals surface area contributed by atoms with Crippen LogP contribution in [-0.4, -0.2) is 16.1 Å². The highest BCUT2D eigenvalue weighted by molar-refractivity contribution is 5.94. The van der Waals surface area contributed by atoms with E-state index in [0.717, 1.165) is 5.56 Å². The molecule has 21 heavy (non-hydrogen) atoms. The van der Waals surface area contributed by atoms with E-state index in [1.165, 1.54) is 18.2 Å². The summed E-state index contributed by atoms with van der Waals surface area (Å²) >= 11 is 0. The lowest BCUT2D eigenvalue weighted by Gasteiger charge is -2.07. The largest absolute Gasteiger partial charge is 0.486 e. The van der Waals surface area contributed by atoms with E-state index in [4.69, 9.17) is 9.84 Å². The smallest absolute Gasteiger partial charge is 0.352 e. The van der Waals surface area contributed by atoms with Crippen molar-refractivity contribution in [2.75, 3.05) is 0 Å². The van der Waals surface area contributed by atoms with Gasteiger partial charge in [0.25, 0.3) is 0 Å². The average Bonchev–Trinajstić information content (AvgIpc) is 2.89. The third kappa shape index (κ3) is 2.72. The number of carboxylic acids is 1. The molecule has 1 heterocycles. The third-order valence-electron chi connectivity index (χ3n) is 3.14. The predicted octanol–water partition coefficient (Wildman–Crippen LogP) is 3.58. The predicted molar refractivity (Wildman–Crippen MR) is 76.0 cm³/mol. The fraction of sp³-hybridized carbons (Fsp3) is 0.0625. The van der Waals surface area contributed by atoms with Crippen LogP contribution in [0, 0.1) is 5.82 Å².